The molecule has 4 aliphatic rings. The molecule has 2 fully saturated rings. The van der Waals surface area contributed by atoms with Crippen LogP contribution in [0.3, 0.4) is 0 Å². The van der Waals surface area contributed by atoms with E-state index in [2.05, 4.69) is 44.1 Å². The number of anilines is 4. The molecule has 9 nitrogen and oxygen atoms in total. The number of methoxy groups -OCH3 is 1. The molecule has 0 spiro atoms. The maximum atomic E-state index is 14.0. The van der Waals surface area contributed by atoms with E-state index in [-0.39, 0.29) is 17.9 Å². The number of aromatic nitrogens is 4. The van der Waals surface area contributed by atoms with Crippen LogP contribution < -0.4 is 15.1 Å². The SMILES string of the molecule is COC1CCC(C(=O)N2Cc3cccnc3Nc3ccc(N4CCn5nc(C6CC6)nc5C4)cc32)CC1. The molecule has 37 heavy (non-hydrogen) atoms. The van der Waals surface area contributed by atoms with E-state index in [1.165, 1.54) is 12.8 Å². The second-order valence-electron chi connectivity index (χ2n) is 10.8. The molecule has 0 unspecified atom stereocenters. The van der Waals surface area contributed by atoms with Crippen molar-refractivity contribution in [2.75, 3.05) is 28.8 Å². The Kier molecular flexibility index (Phi) is 5.61. The van der Waals surface area contributed by atoms with E-state index >= 15 is 0 Å². The van der Waals surface area contributed by atoms with Gasteiger partial charge in [-0.25, -0.2) is 14.6 Å². The summed E-state index contributed by atoms with van der Waals surface area (Å²) in [6.45, 7) is 2.92. The van der Waals surface area contributed by atoms with Gasteiger partial charge in [0, 0.05) is 42.9 Å². The molecular formula is C28H33N7O2. The second-order valence-corrected chi connectivity index (χ2v) is 10.8. The molecule has 0 saturated heterocycles. The van der Waals surface area contributed by atoms with Crippen LogP contribution in [0, 0.1) is 5.92 Å². The highest BCUT2D eigenvalue weighted by atomic mass is 16.5. The van der Waals surface area contributed by atoms with Gasteiger partial charge in [0.05, 0.1) is 37.1 Å². The normalized spacial score (nSPS) is 22.9. The Morgan fingerprint density at radius 1 is 1.05 bits per heavy atom. The summed E-state index contributed by atoms with van der Waals surface area (Å²) in [6, 6.07) is 10.4. The standard InChI is InChI=1S/C28H33N7O2/c1-37-22-9-6-19(7-10-22)28(36)34-16-20-3-2-12-29-26(20)30-23-11-8-21(15-24(23)34)33-13-14-35-25(17-33)31-27(32-35)18-4-5-18/h2-3,8,11-12,15,18-19,22H,4-7,9-10,13-14,16-17H2,1H3,(H,29,30). The van der Waals surface area contributed by atoms with E-state index in [4.69, 9.17) is 14.8 Å². The van der Waals surface area contributed by atoms with Crippen molar-refractivity contribution in [3.05, 3.63) is 53.7 Å². The molecule has 2 aliphatic heterocycles. The van der Waals surface area contributed by atoms with E-state index in [9.17, 15) is 4.79 Å². The van der Waals surface area contributed by atoms with Crippen LogP contribution in [0.1, 0.15) is 61.7 Å². The molecule has 192 valence electrons. The number of benzene rings is 1. The average molecular weight is 500 g/mol. The molecule has 0 radical (unpaired) electrons. The first-order valence-corrected chi connectivity index (χ1v) is 13.5. The van der Waals surface area contributed by atoms with Gasteiger partial charge in [0.15, 0.2) is 5.82 Å². The van der Waals surface area contributed by atoms with Crippen LogP contribution in [0.5, 0.6) is 0 Å². The van der Waals surface area contributed by atoms with E-state index in [1.807, 2.05) is 11.0 Å². The van der Waals surface area contributed by atoms with Gasteiger partial charge < -0.3 is 19.9 Å². The number of amides is 1. The number of nitrogens with zero attached hydrogens (tertiary/aromatic N) is 6. The topological polar surface area (TPSA) is 88.4 Å². The van der Waals surface area contributed by atoms with Gasteiger partial charge in [0.1, 0.15) is 11.6 Å². The van der Waals surface area contributed by atoms with Gasteiger partial charge in [-0.2, -0.15) is 5.10 Å². The summed E-state index contributed by atoms with van der Waals surface area (Å²) in [5.74, 6) is 3.61. The fraction of sp³-hybridized carbons (Fsp3) is 0.500. The van der Waals surface area contributed by atoms with Gasteiger partial charge in [-0.15, -0.1) is 0 Å². The van der Waals surface area contributed by atoms with Crippen LogP contribution in [-0.4, -0.2) is 45.4 Å². The summed E-state index contributed by atoms with van der Waals surface area (Å²) in [5.41, 5.74) is 3.96. The molecule has 0 bridgehead atoms. The molecule has 7 rings (SSSR count). The summed E-state index contributed by atoms with van der Waals surface area (Å²) < 4.78 is 7.63. The third-order valence-corrected chi connectivity index (χ3v) is 8.35. The van der Waals surface area contributed by atoms with E-state index in [0.29, 0.717) is 12.5 Å². The van der Waals surface area contributed by atoms with Gasteiger partial charge in [-0.3, -0.25) is 4.79 Å². The number of fused-ring (bicyclic) bond motifs is 3. The fourth-order valence-corrected chi connectivity index (χ4v) is 5.96. The zero-order chi connectivity index (χ0) is 24.9. The molecule has 9 heteroatoms. The predicted octanol–water partition coefficient (Wildman–Crippen LogP) is 4.37. The van der Waals surface area contributed by atoms with Crippen molar-refractivity contribution in [2.45, 2.75) is 70.2 Å². The number of carbonyl (C=O) groups is 1. The van der Waals surface area contributed by atoms with Crippen LogP contribution in [0.2, 0.25) is 0 Å². The Hall–Kier alpha value is -3.46. The first-order valence-electron chi connectivity index (χ1n) is 13.5. The summed E-state index contributed by atoms with van der Waals surface area (Å²) in [5, 5.41) is 8.25. The number of nitrogens with one attached hydrogen (secondary N) is 1. The van der Waals surface area contributed by atoms with Gasteiger partial charge in [0.25, 0.3) is 0 Å². The number of pyridine rings is 1. The maximum Gasteiger partial charge on any atom is 0.230 e. The minimum absolute atomic E-state index is 0.00973. The Morgan fingerprint density at radius 3 is 2.73 bits per heavy atom. The molecule has 0 atom stereocenters. The van der Waals surface area contributed by atoms with Gasteiger partial charge in [0.2, 0.25) is 5.91 Å². The Morgan fingerprint density at radius 2 is 1.92 bits per heavy atom. The van der Waals surface area contributed by atoms with Gasteiger partial charge in [-0.1, -0.05) is 6.07 Å². The smallest absolute Gasteiger partial charge is 0.230 e. The van der Waals surface area contributed by atoms with Crippen LogP contribution in [0.4, 0.5) is 22.9 Å². The van der Waals surface area contributed by atoms with Crippen molar-refractivity contribution < 1.29 is 9.53 Å². The summed E-state index contributed by atoms with van der Waals surface area (Å²) >= 11 is 0. The number of carbonyl (C=O) groups excluding carboxylic acids is 1. The number of rotatable bonds is 4. The number of hydrogen-bond acceptors (Lipinski definition) is 7. The quantitative estimate of drug-likeness (QED) is 0.570. The summed E-state index contributed by atoms with van der Waals surface area (Å²) in [6.07, 6.45) is 8.06. The van der Waals surface area contributed by atoms with Crippen molar-refractivity contribution in [1.29, 1.82) is 0 Å². The molecule has 2 saturated carbocycles. The monoisotopic (exact) mass is 499 g/mol. The van der Waals surface area contributed by atoms with Gasteiger partial charge in [-0.05, 0) is 62.8 Å². The number of hydrogen-bond donors (Lipinski definition) is 1. The lowest BCUT2D eigenvalue weighted by molar-refractivity contribution is -0.124. The summed E-state index contributed by atoms with van der Waals surface area (Å²) in [7, 11) is 1.77. The Balaban J connectivity index is 1.20. The minimum atomic E-state index is 0.00973. The van der Waals surface area contributed by atoms with Crippen molar-refractivity contribution in [3.63, 3.8) is 0 Å². The molecule has 1 aromatic carbocycles. The first kappa shape index (κ1) is 22.7. The van der Waals surface area contributed by atoms with E-state index < -0.39 is 0 Å². The van der Waals surface area contributed by atoms with Crippen LogP contribution in [0.15, 0.2) is 36.5 Å². The lowest BCUT2D eigenvalue weighted by atomic mass is 9.86. The zero-order valence-corrected chi connectivity index (χ0v) is 21.3. The van der Waals surface area contributed by atoms with Gasteiger partial charge >= 0.3 is 0 Å². The maximum absolute atomic E-state index is 14.0. The first-order chi connectivity index (χ1) is 18.2. The van der Waals surface area contributed by atoms with Crippen molar-refractivity contribution in [3.8, 4) is 0 Å². The zero-order valence-electron chi connectivity index (χ0n) is 21.3. The molecule has 2 aliphatic carbocycles. The van der Waals surface area contributed by atoms with Crippen molar-refractivity contribution >= 4 is 28.8 Å². The highest BCUT2D eigenvalue weighted by molar-refractivity contribution is 6.00. The van der Waals surface area contributed by atoms with Crippen LogP contribution in [-0.2, 0) is 29.2 Å². The summed E-state index contributed by atoms with van der Waals surface area (Å²) in [4.78, 5) is 27.8. The lowest BCUT2D eigenvalue weighted by Gasteiger charge is -2.33. The van der Waals surface area contributed by atoms with Crippen LogP contribution in [0.25, 0.3) is 0 Å². The van der Waals surface area contributed by atoms with E-state index in [1.54, 1.807) is 13.3 Å². The fourth-order valence-electron chi connectivity index (χ4n) is 5.96. The molecule has 1 amide bonds. The average Bonchev–Trinajstić information content (AvgIpc) is 3.73. The molecule has 3 aromatic rings. The van der Waals surface area contributed by atoms with E-state index in [0.717, 1.165) is 85.4 Å². The molecular weight excluding hydrogens is 466 g/mol. The molecule has 4 heterocycles. The Bertz CT molecular complexity index is 1330. The largest absolute Gasteiger partial charge is 0.381 e. The van der Waals surface area contributed by atoms with Crippen molar-refractivity contribution in [2.24, 2.45) is 5.92 Å². The third-order valence-electron chi connectivity index (χ3n) is 8.35. The minimum Gasteiger partial charge on any atom is -0.381 e. The van der Waals surface area contributed by atoms with Crippen LogP contribution >= 0.6 is 0 Å². The highest BCUT2D eigenvalue weighted by Gasteiger charge is 2.34. The third kappa shape index (κ3) is 4.25. The number of ether oxygens (including phenoxy) is 1. The second kappa shape index (κ2) is 9.13. The predicted molar refractivity (Wildman–Crippen MR) is 141 cm³/mol. The molecule has 1 N–H and O–H groups in total. The molecule has 2 aromatic heterocycles. The van der Waals surface area contributed by atoms with Crippen molar-refractivity contribution in [1.82, 2.24) is 19.7 Å². The Labute approximate surface area is 216 Å². The highest BCUT2D eigenvalue weighted by Crippen LogP contribution is 2.41. The lowest BCUT2D eigenvalue weighted by Crippen LogP contribution is -2.38.